The molecule has 1 saturated carbocycles. The van der Waals surface area contributed by atoms with Crippen molar-refractivity contribution in [3.8, 4) is 0 Å². The smallest absolute Gasteiger partial charge is 0.226 e. The molecule has 2 fully saturated rings. The Morgan fingerprint density at radius 1 is 1.03 bits per heavy atom. The summed E-state index contributed by atoms with van der Waals surface area (Å²) in [6.07, 6.45) is 1.60. The number of nitrogens with one attached hydrogen (secondary N) is 1. The molecule has 2 aliphatic rings. The molecule has 4 nitrogen and oxygen atoms in total. The highest BCUT2D eigenvalue weighted by molar-refractivity contribution is 6.34. The molecule has 2 aromatic carbocycles. The third kappa shape index (κ3) is 5.58. The lowest BCUT2D eigenvalue weighted by Crippen LogP contribution is -2.49. The van der Waals surface area contributed by atoms with Gasteiger partial charge in [0.2, 0.25) is 5.91 Å². The van der Waals surface area contributed by atoms with E-state index in [0.717, 1.165) is 50.1 Å². The van der Waals surface area contributed by atoms with Gasteiger partial charge in [-0.25, -0.2) is 4.39 Å². The topological polar surface area (TPSA) is 35.6 Å². The van der Waals surface area contributed by atoms with Gasteiger partial charge in [-0.3, -0.25) is 4.79 Å². The van der Waals surface area contributed by atoms with E-state index >= 15 is 0 Å². The molecule has 7 heteroatoms. The summed E-state index contributed by atoms with van der Waals surface area (Å²) in [6.45, 7) is 3.96. The first-order valence-electron chi connectivity index (χ1n) is 10.8. The van der Waals surface area contributed by atoms with Crippen LogP contribution < -0.4 is 5.32 Å². The SMILES string of the molecule is CN1CCN(C(=O)[C@H]2C[C@@H](NCc3cc(Cl)cc(Cl)c3)C[C@@H]2c2ccc(F)cc2)CC1. The Kier molecular flexibility index (Phi) is 7.17. The summed E-state index contributed by atoms with van der Waals surface area (Å²) >= 11 is 12.3. The number of carbonyl (C=O) groups excluding carboxylic acids is 1. The molecule has 0 radical (unpaired) electrons. The van der Waals surface area contributed by atoms with Crippen molar-refractivity contribution < 1.29 is 9.18 Å². The van der Waals surface area contributed by atoms with Crippen LogP contribution in [-0.2, 0) is 11.3 Å². The van der Waals surface area contributed by atoms with Crippen LogP contribution in [0.2, 0.25) is 10.0 Å². The van der Waals surface area contributed by atoms with Gasteiger partial charge in [-0.15, -0.1) is 0 Å². The van der Waals surface area contributed by atoms with E-state index in [1.165, 1.54) is 12.1 Å². The van der Waals surface area contributed by atoms with Crippen molar-refractivity contribution in [2.45, 2.75) is 31.3 Å². The number of hydrogen-bond donors (Lipinski definition) is 1. The summed E-state index contributed by atoms with van der Waals surface area (Å²) in [4.78, 5) is 17.7. The molecule has 1 amide bonds. The van der Waals surface area contributed by atoms with Gasteiger partial charge in [-0.2, -0.15) is 0 Å². The average Bonchev–Trinajstić information content (AvgIpc) is 3.16. The summed E-state index contributed by atoms with van der Waals surface area (Å²) < 4.78 is 13.5. The first-order valence-corrected chi connectivity index (χ1v) is 11.6. The van der Waals surface area contributed by atoms with Crippen LogP contribution in [0.15, 0.2) is 42.5 Å². The Morgan fingerprint density at radius 3 is 2.32 bits per heavy atom. The molecule has 1 N–H and O–H groups in total. The van der Waals surface area contributed by atoms with E-state index in [1.807, 2.05) is 29.2 Å². The second kappa shape index (κ2) is 9.86. The fraction of sp³-hybridized carbons (Fsp3) is 0.458. The Hall–Kier alpha value is -1.66. The molecule has 0 spiro atoms. The maximum atomic E-state index is 13.5. The van der Waals surface area contributed by atoms with Crippen LogP contribution in [0.4, 0.5) is 4.39 Å². The Morgan fingerprint density at radius 2 is 1.68 bits per heavy atom. The normalized spacial score (nSPS) is 24.5. The van der Waals surface area contributed by atoms with E-state index in [0.29, 0.717) is 16.6 Å². The molecule has 0 unspecified atom stereocenters. The van der Waals surface area contributed by atoms with Crippen molar-refractivity contribution in [1.82, 2.24) is 15.1 Å². The standard InChI is InChI=1S/C24H28Cl2FN3O/c1-29-6-8-30(9-7-29)24(31)23-14-21(13-22(23)17-2-4-20(27)5-3-17)28-15-16-10-18(25)12-19(26)11-16/h2-5,10-12,21-23,28H,6-9,13-15H2,1H3/t21-,22+,23-/m0/s1. The van der Waals surface area contributed by atoms with Crippen LogP contribution in [-0.4, -0.2) is 55.0 Å². The minimum Gasteiger partial charge on any atom is -0.340 e. The van der Waals surface area contributed by atoms with Crippen LogP contribution in [0.25, 0.3) is 0 Å². The van der Waals surface area contributed by atoms with Crippen molar-refractivity contribution in [3.63, 3.8) is 0 Å². The number of likely N-dealkylation sites (N-methyl/N-ethyl adjacent to an activating group) is 1. The Balaban J connectivity index is 1.48. The Labute approximate surface area is 193 Å². The number of halogens is 3. The molecule has 1 aliphatic heterocycles. The summed E-state index contributed by atoms with van der Waals surface area (Å²) in [6, 6.07) is 12.3. The van der Waals surface area contributed by atoms with E-state index in [9.17, 15) is 9.18 Å². The summed E-state index contributed by atoms with van der Waals surface area (Å²) in [5, 5.41) is 4.82. The molecular weight excluding hydrogens is 436 g/mol. The maximum Gasteiger partial charge on any atom is 0.226 e. The molecule has 31 heavy (non-hydrogen) atoms. The molecule has 0 bridgehead atoms. The fourth-order valence-corrected chi connectivity index (χ4v) is 5.36. The predicted molar refractivity (Wildman–Crippen MR) is 123 cm³/mol. The summed E-state index contributed by atoms with van der Waals surface area (Å²) in [7, 11) is 2.08. The van der Waals surface area contributed by atoms with Crippen LogP contribution in [0.1, 0.15) is 29.9 Å². The monoisotopic (exact) mass is 463 g/mol. The number of benzene rings is 2. The van der Waals surface area contributed by atoms with Gasteiger partial charge < -0.3 is 15.1 Å². The van der Waals surface area contributed by atoms with Gasteiger partial charge in [-0.05, 0) is 67.3 Å². The lowest BCUT2D eigenvalue weighted by atomic mass is 9.87. The van der Waals surface area contributed by atoms with Crippen molar-refractivity contribution in [2.24, 2.45) is 5.92 Å². The van der Waals surface area contributed by atoms with Gasteiger partial charge in [0.25, 0.3) is 0 Å². The number of hydrogen-bond acceptors (Lipinski definition) is 3. The molecule has 4 rings (SSSR count). The molecular formula is C24H28Cl2FN3O. The van der Waals surface area contributed by atoms with Crippen LogP contribution in [0.5, 0.6) is 0 Å². The molecule has 0 aromatic heterocycles. The number of carbonyl (C=O) groups is 1. The van der Waals surface area contributed by atoms with E-state index in [-0.39, 0.29) is 29.6 Å². The van der Waals surface area contributed by atoms with Crippen LogP contribution in [0, 0.1) is 11.7 Å². The minimum absolute atomic E-state index is 0.0770. The van der Waals surface area contributed by atoms with Gasteiger partial charge in [0.1, 0.15) is 5.82 Å². The largest absolute Gasteiger partial charge is 0.340 e. The summed E-state index contributed by atoms with van der Waals surface area (Å²) in [5.41, 5.74) is 2.05. The van der Waals surface area contributed by atoms with Gasteiger partial charge in [0, 0.05) is 54.7 Å². The maximum absolute atomic E-state index is 13.5. The highest BCUT2D eigenvalue weighted by Gasteiger charge is 2.41. The fourth-order valence-electron chi connectivity index (χ4n) is 4.79. The first kappa shape index (κ1) is 22.5. The van der Waals surface area contributed by atoms with Crippen molar-refractivity contribution in [2.75, 3.05) is 33.2 Å². The predicted octanol–water partition coefficient (Wildman–Crippen LogP) is 4.56. The van der Waals surface area contributed by atoms with E-state index in [2.05, 4.69) is 17.3 Å². The highest BCUT2D eigenvalue weighted by Crippen LogP contribution is 2.41. The molecule has 1 aliphatic carbocycles. The zero-order chi connectivity index (χ0) is 22.0. The second-order valence-corrected chi connectivity index (χ2v) is 9.59. The van der Waals surface area contributed by atoms with Crippen molar-refractivity contribution >= 4 is 29.1 Å². The van der Waals surface area contributed by atoms with E-state index in [1.54, 1.807) is 6.07 Å². The van der Waals surface area contributed by atoms with E-state index < -0.39 is 0 Å². The second-order valence-electron chi connectivity index (χ2n) is 8.72. The van der Waals surface area contributed by atoms with E-state index in [4.69, 9.17) is 23.2 Å². The first-order chi connectivity index (χ1) is 14.9. The van der Waals surface area contributed by atoms with Crippen LogP contribution in [0.3, 0.4) is 0 Å². The van der Waals surface area contributed by atoms with Gasteiger partial charge in [0.15, 0.2) is 0 Å². The quantitative estimate of drug-likeness (QED) is 0.705. The lowest BCUT2D eigenvalue weighted by Gasteiger charge is -2.35. The number of piperazine rings is 1. The third-order valence-electron chi connectivity index (χ3n) is 6.51. The molecule has 1 heterocycles. The zero-order valence-electron chi connectivity index (χ0n) is 17.7. The van der Waals surface area contributed by atoms with Crippen LogP contribution >= 0.6 is 23.2 Å². The van der Waals surface area contributed by atoms with Gasteiger partial charge in [-0.1, -0.05) is 35.3 Å². The lowest BCUT2D eigenvalue weighted by molar-refractivity contribution is -0.137. The van der Waals surface area contributed by atoms with Gasteiger partial charge >= 0.3 is 0 Å². The average molecular weight is 464 g/mol. The molecule has 166 valence electrons. The molecule has 1 saturated heterocycles. The van der Waals surface area contributed by atoms with Crippen molar-refractivity contribution in [1.29, 1.82) is 0 Å². The third-order valence-corrected chi connectivity index (χ3v) is 6.95. The molecule has 2 aromatic rings. The number of amides is 1. The summed E-state index contributed by atoms with van der Waals surface area (Å²) in [5.74, 6) is -0.0590. The van der Waals surface area contributed by atoms with Gasteiger partial charge in [0.05, 0.1) is 0 Å². The number of rotatable bonds is 5. The van der Waals surface area contributed by atoms with Crippen molar-refractivity contribution in [3.05, 3.63) is 69.5 Å². The minimum atomic E-state index is -0.254. The Bertz CT molecular complexity index is 895. The highest BCUT2D eigenvalue weighted by atomic mass is 35.5. The number of nitrogens with zero attached hydrogens (tertiary/aromatic N) is 2. The molecule has 3 atom stereocenters. The zero-order valence-corrected chi connectivity index (χ0v) is 19.2.